The third kappa shape index (κ3) is 5.85. The largest absolute Gasteiger partial charge is 0.465 e. The van der Waals surface area contributed by atoms with Crippen LogP contribution in [0, 0.1) is 0 Å². The fraction of sp³-hybridized carbons (Fsp3) is 0.600. The summed E-state index contributed by atoms with van der Waals surface area (Å²) in [6.07, 6.45) is 0.753. The normalized spacial score (nSPS) is 19.8. The molecule has 1 aromatic rings. The molecule has 2 atom stereocenters. The minimum absolute atomic E-state index is 0.0759. The Bertz CT molecular complexity index is 608. The molecule has 0 unspecified atom stereocenters. The molecule has 0 bridgehead atoms. The number of carbonyl (C=O) groups is 2. The van der Waals surface area contributed by atoms with E-state index in [0.717, 1.165) is 12.0 Å². The molecule has 1 aliphatic rings. The molecule has 7 nitrogen and oxygen atoms in total. The summed E-state index contributed by atoms with van der Waals surface area (Å²) in [6, 6.07) is 9.17. The van der Waals surface area contributed by atoms with Crippen LogP contribution in [0.4, 0.5) is 9.59 Å². The Morgan fingerprint density at radius 2 is 1.96 bits per heavy atom. The molecule has 0 radical (unpaired) electrons. The molecule has 1 heterocycles. The lowest BCUT2D eigenvalue weighted by Gasteiger charge is -2.43. The van der Waals surface area contributed by atoms with E-state index in [1.165, 1.54) is 4.90 Å². The molecule has 0 aromatic heterocycles. The monoisotopic (exact) mass is 378 g/mol. The molecule has 0 spiro atoms. The van der Waals surface area contributed by atoms with Crippen molar-refractivity contribution in [1.29, 1.82) is 0 Å². The molecule has 2 amide bonds. The minimum atomic E-state index is -0.956. The first kappa shape index (κ1) is 21.0. The lowest BCUT2D eigenvalue weighted by atomic mass is 9.95. The van der Waals surface area contributed by atoms with E-state index in [1.54, 1.807) is 12.0 Å². The highest BCUT2D eigenvalue weighted by molar-refractivity contribution is 5.69. The van der Waals surface area contributed by atoms with Crippen molar-refractivity contribution < 1.29 is 24.2 Å². The number of amides is 2. The van der Waals surface area contributed by atoms with Crippen molar-refractivity contribution in [3.8, 4) is 0 Å². The predicted molar refractivity (Wildman–Crippen MR) is 102 cm³/mol. The van der Waals surface area contributed by atoms with Crippen molar-refractivity contribution in [2.24, 2.45) is 0 Å². The first-order valence-electron chi connectivity index (χ1n) is 9.41. The number of nitrogens with zero attached hydrogens (tertiary/aromatic N) is 2. The predicted octanol–water partition coefficient (Wildman–Crippen LogP) is 3.58. The van der Waals surface area contributed by atoms with Gasteiger partial charge in [-0.1, -0.05) is 30.3 Å². The standard InChI is InChI=1S/C20H30N2O5/c1-15(2)22(20(25)27-14-16-7-5-4-6-8-16)18-10-9-17(11-12-26-3)21(13-18)19(23)24/h4-8,15,17-18H,9-14H2,1-3H3,(H,23,24)/t17-,18+/m0/s1. The summed E-state index contributed by atoms with van der Waals surface area (Å²) in [4.78, 5) is 27.5. The third-order valence-corrected chi connectivity index (χ3v) is 4.95. The van der Waals surface area contributed by atoms with E-state index in [-0.39, 0.29) is 24.7 Å². The van der Waals surface area contributed by atoms with E-state index >= 15 is 0 Å². The van der Waals surface area contributed by atoms with Crippen molar-refractivity contribution in [3.05, 3.63) is 35.9 Å². The number of hydrogen-bond acceptors (Lipinski definition) is 4. The molecule has 1 fully saturated rings. The highest BCUT2D eigenvalue weighted by atomic mass is 16.6. The average Bonchev–Trinajstić information content (AvgIpc) is 2.65. The SMILES string of the molecule is COCC[C@@H]1CC[C@@H](N(C(=O)OCc2ccccc2)C(C)C)CN1C(=O)O. The van der Waals surface area contributed by atoms with Gasteiger partial charge in [0.05, 0.1) is 6.04 Å². The van der Waals surface area contributed by atoms with Gasteiger partial charge in [-0.25, -0.2) is 9.59 Å². The van der Waals surface area contributed by atoms with Gasteiger partial charge in [0.1, 0.15) is 6.61 Å². The van der Waals surface area contributed by atoms with Crippen LogP contribution >= 0.6 is 0 Å². The van der Waals surface area contributed by atoms with Gasteiger partial charge in [-0.15, -0.1) is 0 Å². The number of ether oxygens (including phenoxy) is 2. The van der Waals surface area contributed by atoms with E-state index in [2.05, 4.69) is 0 Å². The van der Waals surface area contributed by atoms with Crippen molar-refractivity contribution in [2.75, 3.05) is 20.3 Å². The molecule has 0 saturated carbocycles. The summed E-state index contributed by atoms with van der Waals surface area (Å²) in [5.41, 5.74) is 0.921. The third-order valence-electron chi connectivity index (χ3n) is 4.95. The van der Waals surface area contributed by atoms with Crippen LogP contribution in [0.3, 0.4) is 0 Å². The summed E-state index contributed by atoms with van der Waals surface area (Å²) in [5.74, 6) is 0. The fourth-order valence-electron chi connectivity index (χ4n) is 3.60. The van der Waals surface area contributed by atoms with Crippen molar-refractivity contribution in [3.63, 3.8) is 0 Å². The number of benzene rings is 1. The second kappa shape index (κ2) is 10.2. The van der Waals surface area contributed by atoms with Gasteiger partial charge >= 0.3 is 12.2 Å². The van der Waals surface area contributed by atoms with Crippen molar-refractivity contribution in [1.82, 2.24) is 9.80 Å². The van der Waals surface area contributed by atoms with E-state index in [9.17, 15) is 14.7 Å². The topological polar surface area (TPSA) is 79.3 Å². The molecular weight excluding hydrogens is 348 g/mol. The van der Waals surface area contributed by atoms with E-state index in [4.69, 9.17) is 9.47 Å². The highest BCUT2D eigenvalue weighted by Crippen LogP contribution is 2.25. The van der Waals surface area contributed by atoms with E-state index in [1.807, 2.05) is 44.2 Å². The number of carbonyl (C=O) groups excluding carboxylic acids is 1. The second-order valence-electron chi connectivity index (χ2n) is 7.14. The van der Waals surface area contributed by atoms with Crippen LogP contribution in [0.15, 0.2) is 30.3 Å². The number of rotatable bonds is 7. The van der Waals surface area contributed by atoms with Gasteiger partial charge in [-0.05, 0) is 38.7 Å². The highest BCUT2D eigenvalue weighted by Gasteiger charge is 2.37. The summed E-state index contributed by atoms with van der Waals surface area (Å²) in [5, 5.41) is 9.59. The summed E-state index contributed by atoms with van der Waals surface area (Å²) in [7, 11) is 1.61. The Morgan fingerprint density at radius 3 is 2.56 bits per heavy atom. The molecule has 7 heteroatoms. The van der Waals surface area contributed by atoms with Gasteiger partial charge in [0, 0.05) is 32.3 Å². The maximum absolute atomic E-state index is 12.7. The van der Waals surface area contributed by atoms with Crippen molar-refractivity contribution in [2.45, 2.75) is 57.8 Å². The van der Waals surface area contributed by atoms with Gasteiger partial charge in [0.15, 0.2) is 0 Å². The summed E-state index contributed by atoms with van der Waals surface area (Å²) in [6.45, 7) is 4.86. The first-order valence-corrected chi connectivity index (χ1v) is 9.41. The molecule has 1 aromatic carbocycles. The molecule has 0 aliphatic carbocycles. The number of carboxylic acid groups (broad SMARTS) is 1. The van der Waals surface area contributed by atoms with Crippen LogP contribution in [0.25, 0.3) is 0 Å². The zero-order valence-electron chi connectivity index (χ0n) is 16.3. The summed E-state index contributed by atoms with van der Waals surface area (Å²) >= 11 is 0. The van der Waals surface area contributed by atoms with Gasteiger partial charge in [-0.3, -0.25) is 0 Å². The Balaban J connectivity index is 2.02. The maximum atomic E-state index is 12.7. The molecule has 1 aliphatic heterocycles. The lowest BCUT2D eigenvalue weighted by Crippen LogP contribution is -2.56. The molecule has 27 heavy (non-hydrogen) atoms. The van der Waals surface area contributed by atoms with Crippen LogP contribution in [0.1, 0.15) is 38.7 Å². The molecule has 150 valence electrons. The maximum Gasteiger partial charge on any atom is 0.410 e. The van der Waals surface area contributed by atoms with Gasteiger partial charge in [0.2, 0.25) is 0 Å². The van der Waals surface area contributed by atoms with Crippen LogP contribution in [-0.2, 0) is 16.1 Å². The van der Waals surface area contributed by atoms with Gasteiger partial charge < -0.3 is 24.4 Å². The Morgan fingerprint density at radius 1 is 1.26 bits per heavy atom. The average molecular weight is 378 g/mol. The Kier molecular flexibility index (Phi) is 7.91. The van der Waals surface area contributed by atoms with E-state index < -0.39 is 12.2 Å². The first-order chi connectivity index (χ1) is 12.9. The van der Waals surface area contributed by atoms with Crippen molar-refractivity contribution >= 4 is 12.2 Å². The van der Waals surface area contributed by atoms with Crippen LogP contribution in [-0.4, -0.2) is 65.5 Å². The van der Waals surface area contributed by atoms with Crippen LogP contribution in [0.2, 0.25) is 0 Å². The molecular formula is C20H30N2O5. The quantitative estimate of drug-likeness (QED) is 0.784. The van der Waals surface area contributed by atoms with E-state index in [0.29, 0.717) is 26.0 Å². The Hall–Kier alpha value is -2.28. The summed E-state index contributed by atoms with van der Waals surface area (Å²) < 4.78 is 10.6. The Labute approximate surface area is 160 Å². The number of methoxy groups -OCH3 is 1. The number of likely N-dealkylation sites (tertiary alicyclic amines) is 1. The van der Waals surface area contributed by atoms with Gasteiger partial charge in [-0.2, -0.15) is 0 Å². The second-order valence-corrected chi connectivity index (χ2v) is 7.14. The zero-order valence-corrected chi connectivity index (χ0v) is 16.3. The molecule has 1 saturated heterocycles. The number of hydrogen-bond donors (Lipinski definition) is 1. The van der Waals surface area contributed by atoms with Crippen LogP contribution in [0.5, 0.6) is 0 Å². The lowest BCUT2D eigenvalue weighted by molar-refractivity contribution is 0.0225. The van der Waals surface area contributed by atoms with Gasteiger partial charge in [0.25, 0.3) is 0 Å². The van der Waals surface area contributed by atoms with Crippen LogP contribution < -0.4 is 0 Å². The fourth-order valence-corrected chi connectivity index (χ4v) is 3.60. The minimum Gasteiger partial charge on any atom is -0.465 e. The number of piperidine rings is 1. The molecule has 1 N–H and O–H groups in total. The zero-order chi connectivity index (χ0) is 19.8. The smallest absolute Gasteiger partial charge is 0.410 e. The molecule has 2 rings (SSSR count).